The Balaban J connectivity index is 1.56. The zero-order chi connectivity index (χ0) is 30.1. The number of benzene rings is 2. The molecule has 1 saturated heterocycles. The van der Waals surface area contributed by atoms with E-state index in [2.05, 4.69) is 13.0 Å². The highest BCUT2D eigenvalue weighted by molar-refractivity contribution is 5.69. The number of nitrogens with zero attached hydrogens (tertiary/aromatic N) is 2. The summed E-state index contributed by atoms with van der Waals surface area (Å²) in [7, 11) is 1.59. The van der Waals surface area contributed by atoms with Crippen LogP contribution in [0.5, 0.6) is 11.5 Å². The average Bonchev–Trinajstić information content (AvgIpc) is 3.48. The molecule has 1 aromatic heterocycles. The predicted molar refractivity (Wildman–Crippen MR) is 164 cm³/mol. The molecule has 1 aliphatic rings. The maximum atomic E-state index is 11.8. The van der Waals surface area contributed by atoms with Gasteiger partial charge in [-0.2, -0.15) is 0 Å². The minimum Gasteiger partial charge on any atom is -0.493 e. The van der Waals surface area contributed by atoms with E-state index in [1.165, 1.54) is 0 Å². The molecule has 226 valence electrons. The van der Waals surface area contributed by atoms with Crippen LogP contribution in [0.1, 0.15) is 68.5 Å². The smallest absolute Gasteiger partial charge is 0.306 e. The molecule has 0 aliphatic carbocycles. The van der Waals surface area contributed by atoms with E-state index in [0.717, 1.165) is 41.8 Å². The van der Waals surface area contributed by atoms with Crippen molar-refractivity contribution in [3.05, 3.63) is 83.2 Å². The Morgan fingerprint density at radius 3 is 2.50 bits per heavy atom. The fourth-order valence-corrected chi connectivity index (χ4v) is 5.57. The number of piperidine rings is 1. The van der Waals surface area contributed by atoms with Crippen LogP contribution in [0.15, 0.2) is 60.8 Å². The van der Waals surface area contributed by atoms with Gasteiger partial charge in [-0.05, 0) is 81.0 Å². The summed E-state index contributed by atoms with van der Waals surface area (Å²) in [6, 6.07) is 15.6. The van der Waals surface area contributed by atoms with Crippen molar-refractivity contribution in [2.24, 2.45) is 5.92 Å². The Labute approximate surface area is 249 Å². The topological polar surface area (TPSA) is 93.4 Å². The van der Waals surface area contributed by atoms with Gasteiger partial charge in [-0.15, -0.1) is 0 Å². The molecule has 0 bridgehead atoms. The van der Waals surface area contributed by atoms with Gasteiger partial charge in [-0.25, -0.2) is 0 Å². The Bertz CT molecular complexity index is 1340. The summed E-state index contributed by atoms with van der Waals surface area (Å²) in [6.45, 7) is 8.10. The summed E-state index contributed by atoms with van der Waals surface area (Å²) < 4.78 is 18.6. The molecule has 0 radical (unpaired) electrons. The number of likely N-dealkylation sites (tertiary alicyclic amines) is 1. The largest absolute Gasteiger partial charge is 0.493 e. The van der Waals surface area contributed by atoms with E-state index in [0.29, 0.717) is 49.8 Å². The van der Waals surface area contributed by atoms with Crippen LogP contribution >= 0.6 is 0 Å². The molecule has 8 nitrogen and oxygen atoms in total. The van der Waals surface area contributed by atoms with Crippen LogP contribution in [-0.4, -0.2) is 65.3 Å². The first-order chi connectivity index (χ1) is 20.4. The van der Waals surface area contributed by atoms with Gasteiger partial charge < -0.3 is 29.0 Å². The standard InChI is InChI=1S/C34H44N2O6/c1-5-24-13-15-29(28(22-24)33(39)27-11-8-12-30(40-4)34(27)42-7-3)36-19-9-10-26(36)14-16-31(37)35-20-17-25(18-21-35)23-32(38)41-6-2/h8-16,19,22,25,31,33,37,39H,5-7,17-18,20-21,23H2,1-4H3/b16-14+. The molecule has 0 spiro atoms. The minimum atomic E-state index is -0.955. The third kappa shape index (κ3) is 7.43. The van der Waals surface area contributed by atoms with Crippen molar-refractivity contribution in [1.29, 1.82) is 0 Å². The molecule has 3 aromatic rings. The van der Waals surface area contributed by atoms with Crippen LogP contribution in [0.25, 0.3) is 11.8 Å². The van der Waals surface area contributed by atoms with Crippen LogP contribution in [0, 0.1) is 5.92 Å². The summed E-state index contributed by atoms with van der Waals surface area (Å²) >= 11 is 0. The number of carbonyl (C=O) groups excluding carboxylic acids is 1. The highest BCUT2D eigenvalue weighted by Gasteiger charge is 2.25. The highest BCUT2D eigenvalue weighted by atomic mass is 16.5. The SMILES string of the molecule is CCOC(=O)CC1CCN(C(O)/C=C/c2cccn2-c2ccc(CC)cc2C(O)c2cccc(OC)c2OCC)CC1. The molecule has 4 rings (SSSR count). The zero-order valence-corrected chi connectivity index (χ0v) is 25.2. The first-order valence-electron chi connectivity index (χ1n) is 14.9. The third-order valence-electron chi connectivity index (χ3n) is 7.87. The number of aliphatic hydroxyl groups excluding tert-OH is 2. The number of aryl methyl sites for hydroxylation is 1. The lowest BCUT2D eigenvalue weighted by molar-refractivity contribution is -0.144. The fourth-order valence-electron chi connectivity index (χ4n) is 5.57. The molecule has 8 heteroatoms. The van der Waals surface area contributed by atoms with Crippen LogP contribution in [0.2, 0.25) is 0 Å². The number of ether oxygens (including phenoxy) is 3. The summed E-state index contributed by atoms with van der Waals surface area (Å²) in [4.78, 5) is 13.9. The van der Waals surface area contributed by atoms with Gasteiger partial charge in [0, 0.05) is 42.5 Å². The van der Waals surface area contributed by atoms with Crippen molar-refractivity contribution in [1.82, 2.24) is 9.47 Å². The van der Waals surface area contributed by atoms with E-state index in [-0.39, 0.29) is 11.9 Å². The van der Waals surface area contributed by atoms with Crippen molar-refractivity contribution < 1.29 is 29.2 Å². The van der Waals surface area contributed by atoms with E-state index >= 15 is 0 Å². The Morgan fingerprint density at radius 1 is 1.02 bits per heavy atom. The van der Waals surface area contributed by atoms with Gasteiger partial charge >= 0.3 is 5.97 Å². The number of aliphatic hydroxyl groups is 2. The number of hydrogen-bond donors (Lipinski definition) is 2. The molecule has 2 N–H and O–H groups in total. The van der Waals surface area contributed by atoms with Gasteiger partial charge in [0.2, 0.25) is 0 Å². The Hall–Kier alpha value is -3.59. The van der Waals surface area contributed by atoms with Crippen molar-refractivity contribution >= 4 is 12.0 Å². The van der Waals surface area contributed by atoms with Gasteiger partial charge in [0.25, 0.3) is 0 Å². The lowest BCUT2D eigenvalue weighted by Crippen LogP contribution is -2.40. The molecular weight excluding hydrogens is 532 g/mol. The molecular formula is C34H44N2O6. The first-order valence-corrected chi connectivity index (χ1v) is 14.9. The van der Waals surface area contributed by atoms with Gasteiger partial charge in [0.05, 0.1) is 26.0 Å². The van der Waals surface area contributed by atoms with Crippen LogP contribution in [-0.2, 0) is 16.0 Å². The molecule has 2 aromatic carbocycles. The Morgan fingerprint density at radius 2 is 1.81 bits per heavy atom. The number of rotatable bonds is 13. The lowest BCUT2D eigenvalue weighted by atomic mass is 9.93. The number of carbonyl (C=O) groups is 1. The highest BCUT2D eigenvalue weighted by Crippen LogP contribution is 2.39. The van der Waals surface area contributed by atoms with E-state index in [1.807, 2.05) is 78.1 Å². The maximum absolute atomic E-state index is 11.8. The van der Waals surface area contributed by atoms with Gasteiger partial charge in [0.1, 0.15) is 12.3 Å². The number of methoxy groups -OCH3 is 1. The van der Waals surface area contributed by atoms with Gasteiger partial charge in [-0.1, -0.05) is 31.2 Å². The number of para-hydroxylation sites is 1. The van der Waals surface area contributed by atoms with E-state index in [1.54, 1.807) is 13.2 Å². The van der Waals surface area contributed by atoms with Crippen LogP contribution < -0.4 is 9.47 Å². The fraction of sp³-hybridized carbons (Fsp3) is 0.441. The zero-order valence-electron chi connectivity index (χ0n) is 25.2. The minimum absolute atomic E-state index is 0.144. The molecule has 1 fully saturated rings. The van der Waals surface area contributed by atoms with Crippen molar-refractivity contribution in [3.63, 3.8) is 0 Å². The van der Waals surface area contributed by atoms with Crippen molar-refractivity contribution in [3.8, 4) is 17.2 Å². The first kappa shape index (κ1) is 31.3. The third-order valence-corrected chi connectivity index (χ3v) is 7.87. The van der Waals surface area contributed by atoms with Gasteiger partial charge in [-0.3, -0.25) is 9.69 Å². The lowest BCUT2D eigenvalue weighted by Gasteiger charge is -2.33. The second kappa shape index (κ2) is 15.0. The molecule has 0 saturated carbocycles. The monoisotopic (exact) mass is 576 g/mol. The molecule has 42 heavy (non-hydrogen) atoms. The maximum Gasteiger partial charge on any atom is 0.306 e. The molecule has 0 amide bonds. The molecule has 2 atom stereocenters. The molecule has 1 aliphatic heterocycles. The predicted octanol–water partition coefficient (Wildman–Crippen LogP) is 5.53. The van der Waals surface area contributed by atoms with E-state index in [4.69, 9.17) is 14.2 Å². The second-order valence-electron chi connectivity index (χ2n) is 10.5. The van der Waals surface area contributed by atoms with E-state index in [9.17, 15) is 15.0 Å². The van der Waals surface area contributed by atoms with Gasteiger partial charge in [0.15, 0.2) is 11.5 Å². The van der Waals surface area contributed by atoms with Crippen LogP contribution in [0.4, 0.5) is 0 Å². The normalized spacial score (nSPS) is 16.0. The summed E-state index contributed by atoms with van der Waals surface area (Å²) in [5.74, 6) is 1.25. The van der Waals surface area contributed by atoms with Crippen molar-refractivity contribution in [2.75, 3.05) is 33.4 Å². The number of hydrogen-bond acceptors (Lipinski definition) is 7. The molecule has 2 unspecified atom stereocenters. The quantitative estimate of drug-likeness (QED) is 0.259. The molecule has 2 heterocycles. The number of esters is 1. The summed E-state index contributed by atoms with van der Waals surface area (Å²) in [5, 5.41) is 22.7. The average molecular weight is 577 g/mol. The summed E-state index contributed by atoms with van der Waals surface area (Å²) in [5.41, 5.74) is 4.21. The second-order valence-corrected chi connectivity index (χ2v) is 10.5. The van der Waals surface area contributed by atoms with E-state index < -0.39 is 12.3 Å². The summed E-state index contributed by atoms with van der Waals surface area (Å²) in [6.07, 6.45) is 6.93. The Kier molecular flexibility index (Phi) is 11.2. The van der Waals surface area contributed by atoms with Crippen LogP contribution in [0.3, 0.4) is 0 Å². The van der Waals surface area contributed by atoms with Crippen molar-refractivity contribution in [2.45, 2.75) is 58.8 Å². The number of aromatic nitrogens is 1.